The normalized spacial score (nSPS) is 11.7. The highest BCUT2D eigenvalue weighted by atomic mass is 16.1. The summed E-state index contributed by atoms with van der Waals surface area (Å²) < 4.78 is 0. The van der Waals surface area contributed by atoms with E-state index in [9.17, 15) is 4.79 Å². The summed E-state index contributed by atoms with van der Waals surface area (Å²) in [5, 5.41) is 17.5. The number of hydrogen-bond donors (Lipinski definition) is 2. The lowest BCUT2D eigenvalue weighted by Crippen LogP contribution is -2.33. The van der Waals surface area contributed by atoms with Gasteiger partial charge in [-0.3, -0.25) is 9.89 Å². The Morgan fingerprint density at radius 2 is 2.64 bits per heavy atom. The monoisotopic (exact) mass is 192 g/mol. The number of nitriles is 1. The summed E-state index contributed by atoms with van der Waals surface area (Å²) >= 11 is 0. The standard InChI is InChI=1S/C9H12N4O/c1-2-8(3-4-10)13-9(14)7-5-11-12-6-7/h5-6,8H,2-3H2,1H3,(H,11,12)(H,13,14). The molecule has 0 bridgehead atoms. The number of nitrogens with zero attached hydrogens (tertiary/aromatic N) is 2. The predicted octanol–water partition coefficient (Wildman–Crippen LogP) is 0.832. The summed E-state index contributed by atoms with van der Waals surface area (Å²) in [6.07, 6.45) is 4.06. The number of rotatable bonds is 4. The van der Waals surface area contributed by atoms with Crippen molar-refractivity contribution in [2.24, 2.45) is 0 Å². The SMILES string of the molecule is CCC(CC#N)NC(=O)c1cn[nH]c1. The number of nitrogens with one attached hydrogen (secondary N) is 2. The number of aromatic amines is 1. The van der Waals surface area contributed by atoms with Gasteiger partial charge in [-0.2, -0.15) is 10.4 Å². The molecule has 0 spiro atoms. The van der Waals surface area contributed by atoms with Gasteiger partial charge in [-0.15, -0.1) is 0 Å². The molecule has 1 heterocycles. The van der Waals surface area contributed by atoms with Crippen LogP contribution < -0.4 is 5.32 Å². The number of aromatic nitrogens is 2. The number of carbonyl (C=O) groups excluding carboxylic acids is 1. The largest absolute Gasteiger partial charge is 0.348 e. The van der Waals surface area contributed by atoms with Crippen molar-refractivity contribution in [2.45, 2.75) is 25.8 Å². The molecule has 5 nitrogen and oxygen atoms in total. The van der Waals surface area contributed by atoms with E-state index < -0.39 is 0 Å². The second-order valence-corrected chi connectivity index (χ2v) is 2.93. The zero-order valence-electron chi connectivity index (χ0n) is 7.95. The quantitative estimate of drug-likeness (QED) is 0.741. The molecule has 1 rings (SSSR count). The summed E-state index contributed by atoms with van der Waals surface area (Å²) in [4.78, 5) is 11.5. The van der Waals surface area contributed by atoms with Gasteiger partial charge in [0.15, 0.2) is 0 Å². The highest BCUT2D eigenvalue weighted by Gasteiger charge is 2.11. The van der Waals surface area contributed by atoms with Crippen molar-refractivity contribution in [3.8, 4) is 6.07 Å². The van der Waals surface area contributed by atoms with Gasteiger partial charge in [0.05, 0.1) is 24.3 Å². The molecule has 5 heteroatoms. The van der Waals surface area contributed by atoms with Crippen molar-refractivity contribution in [2.75, 3.05) is 0 Å². The highest BCUT2D eigenvalue weighted by molar-refractivity contribution is 5.93. The topological polar surface area (TPSA) is 81.6 Å². The molecular formula is C9H12N4O. The summed E-state index contributed by atoms with van der Waals surface area (Å²) in [5.41, 5.74) is 0.487. The van der Waals surface area contributed by atoms with Crippen LogP contribution in [0.1, 0.15) is 30.1 Å². The molecule has 0 saturated carbocycles. The molecule has 0 aromatic carbocycles. The van der Waals surface area contributed by atoms with E-state index in [0.717, 1.165) is 6.42 Å². The van der Waals surface area contributed by atoms with Gasteiger partial charge in [-0.1, -0.05) is 6.92 Å². The third kappa shape index (κ3) is 2.59. The van der Waals surface area contributed by atoms with Crippen LogP contribution in [0.25, 0.3) is 0 Å². The number of H-pyrrole nitrogens is 1. The zero-order valence-corrected chi connectivity index (χ0v) is 7.95. The van der Waals surface area contributed by atoms with Gasteiger partial charge in [-0.25, -0.2) is 0 Å². The minimum atomic E-state index is -0.194. The molecule has 0 aliphatic carbocycles. The first-order chi connectivity index (χ1) is 6.77. The summed E-state index contributed by atoms with van der Waals surface area (Å²) in [7, 11) is 0. The van der Waals surface area contributed by atoms with Crippen molar-refractivity contribution in [1.82, 2.24) is 15.5 Å². The molecule has 1 amide bonds. The van der Waals surface area contributed by atoms with Crippen LogP contribution in [-0.4, -0.2) is 22.1 Å². The van der Waals surface area contributed by atoms with Gasteiger partial charge < -0.3 is 5.32 Å². The number of amides is 1. The lowest BCUT2D eigenvalue weighted by atomic mass is 10.1. The molecule has 0 aliphatic rings. The van der Waals surface area contributed by atoms with Crippen LogP contribution in [0.2, 0.25) is 0 Å². The summed E-state index contributed by atoms with van der Waals surface area (Å²) in [5.74, 6) is -0.194. The van der Waals surface area contributed by atoms with Gasteiger partial charge in [0.25, 0.3) is 5.91 Å². The maximum Gasteiger partial charge on any atom is 0.254 e. The molecule has 0 saturated heterocycles. The summed E-state index contributed by atoms with van der Waals surface area (Å²) in [6.45, 7) is 1.93. The Morgan fingerprint density at radius 1 is 1.86 bits per heavy atom. The van der Waals surface area contributed by atoms with E-state index >= 15 is 0 Å². The second-order valence-electron chi connectivity index (χ2n) is 2.93. The Labute approximate surface area is 82.1 Å². The van der Waals surface area contributed by atoms with Gasteiger partial charge >= 0.3 is 0 Å². The molecule has 74 valence electrons. The second kappa shape index (κ2) is 5.02. The molecule has 1 aromatic rings. The molecule has 0 aliphatic heterocycles. The number of hydrogen-bond acceptors (Lipinski definition) is 3. The van der Waals surface area contributed by atoms with E-state index in [2.05, 4.69) is 15.5 Å². The third-order valence-corrected chi connectivity index (χ3v) is 1.93. The van der Waals surface area contributed by atoms with Crippen LogP contribution in [0.15, 0.2) is 12.4 Å². The fraction of sp³-hybridized carbons (Fsp3) is 0.444. The smallest absolute Gasteiger partial charge is 0.254 e. The van der Waals surface area contributed by atoms with Crippen molar-refractivity contribution in [3.63, 3.8) is 0 Å². The summed E-state index contributed by atoms with van der Waals surface area (Å²) in [6, 6.07) is 1.95. The van der Waals surface area contributed by atoms with E-state index in [0.29, 0.717) is 12.0 Å². The lowest BCUT2D eigenvalue weighted by molar-refractivity contribution is 0.0936. The minimum absolute atomic E-state index is 0.0811. The van der Waals surface area contributed by atoms with Gasteiger partial charge in [0.2, 0.25) is 0 Å². The average Bonchev–Trinajstić information content (AvgIpc) is 2.69. The van der Waals surface area contributed by atoms with Crippen LogP contribution >= 0.6 is 0 Å². The van der Waals surface area contributed by atoms with Crippen molar-refractivity contribution < 1.29 is 4.79 Å². The maximum absolute atomic E-state index is 11.5. The van der Waals surface area contributed by atoms with Crippen LogP contribution in [0, 0.1) is 11.3 Å². The Kier molecular flexibility index (Phi) is 3.68. The van der Waals surface area contributed by atoms with Crippen molar-refractivity contribution >= 4 is 5.91 Å². The van der Waals surface area contributed by atoms with Crippen molar-refractivity contribution in [3.05, 3.63) is 18.0 Å². The Hall–Kier alpha value is -1.83. The maximum atomic E-state index is 11.5. The van der Waals surface area contributed by atoms with Gasteiger partial charge in [-0.05, 0) is 6.42 Å². The highest BCUT2D eigenvalue weighted by Crippen LogP contribution is 1.99. The first-order valence-electron chi connectivity index (χ1n) is 4.44. The Balaban J connectivity index is 2.52. The van der Waals surface area contributed by atoms with Gasteiger partial charge in [0, 0.05) is 12.2 Å². The molecule has 0 fully saturated rings. The third-order valence-electron chi connectivity index (χ3n) is 1.93. The van der Waals surface area contributed by atoms with Crippen LogP contribution in [0.5, 0.6) is 0 Å². The molecule has 1 aromatic heterocycles. The lowest BCUT2D eigenvalue weighted by Gasteiger charge is -2.12. The molecular weight excluding hydrogens is 180 g/mol. The Morgan fingerprint density at radius 3 is 3.14 bits per heavy atom. The predicted molar refractivity (Wildman–Crippen MR) is 50.4 cm³/mol. The van der Waals surface area contributed by atoms with E-state index in [1.807, 2.05) is 13.0 Å². The first kappa shape index (κ1) is 10.3. The average molecular weight is 192 g/mol. The first-order valence-corrected chi connectivity index (χ1v) is 4.44. The molecule has 2 N–H and O–H groups in total. The van der Waals surface area contributed by atoms with Crippen LogP contribution in [0.4, 0.5) is 0 Å². The molecule has 14 heavy (non-hydrogen) atoms. The fourth-order valence-corrected chi connectivity index (χ4v) is 1.05. The molecule has 1 unspecified atom stereocenters. The van der Waals surface area contributed by atoms with E-state index in [4.69, 9.17) is 5.26 Å². The fourth-order valence-electron chi connectivity index (χ4n) is 1.05. The van der Waals surface area contributed by atoms with E-state index in [1.165, 1.54) is 12.4 Å². The van der Waals surface area contributed by atoms with Crippen molar-refractivity contribution in [1.29, 1.82) is 5.26 Å². The van der Waals surface area contributed by atoms with E-state index in [-0.39, 0.29) is 11.9 Å². The minimum Gasteiger partial charge on any atom is -0.348 e. The molecule has 0 radical (unpaired) electrons. The van der Waals surface area contributed by atoms with Crippen LogP contribution in [0.3, 0.4) is 0 Å². The molecule has 1 atom stereocenters. The number of carbonyl (C=O) groups is 1. The zero-order chi connectivity index (χ0) is 10.4. The Bertz CT molecular complexity index is 325. The van der Waals surface area contributed by atoms with Crippen LogP contribution in [-0.2, 0) is 0 Å². The van der Waals surface area contributed by atoms with E-state index in [1.54, 1.807) is 0 Å². The van der Waals surface area contributed by atoms with Gasteiger partial charge in [0.1, 0.15) is 0 Å².